The molecule has 0 saturated carbocycles. The summed E-state index contributed by atoms with van der Waals surface area (Å²) in [6, 6.07) is 6.71. The number of alkyl halides is 1. The second kappa shape index (κ2) is 4.72. The predicted molar refractivity (Wildman–Crippen MR) is 58.0 cm³/mol. The number of benzene rings is 1. The van der Waals surface area contributed by atoms with Crippen LogP contribution in [-0.4, -0.2) is 19.8 Å². The van der Waals surface area contributed by atoms with Gasteiger partial charge in [-0.15, -0.1) is 0 Å². The topological polar surface area (TPSA) is 52.3 Å². The number of methoxy groups -OCH3 is 1. The van der Waals surface area contributed by atoms with E-state index in [0.29, 0.717) is 10.0 Å². The third-order valence-corrected chi connectivity index (χ3v) is 2.81. The first kappa shape index (κ1) is 12.1. The Morgan fingerprint density at radius 2 is 2.20 bits per heavy atom. The lowest BCUT2D eigenvalue weighted by atomic mass is 9.92. The largest absolute Gasteiger partial charge is 0.467 e. The average Bonchev–Trinajstić information content (AvgIpc) is 2.27. The molecule has 1 aromatic carbocycles. The van der Waals surface area contributed by atoms with Crippen molar-refractivity contribution in [2.45, 2.75) is 5.54 Å². The number of carbonyl (C=O) groups is 1. The Hall–Kier alpha value is -0.940. The summed E-state index contributed by atoms with van der Waals surface area (Å²) in [5.74, 6) is -0.795. The summed E-state index contributed by atoms with van der Waals surface area (Å²) in [4.78, 5) is 11.4. The first-order valence-corrected chi connectivity index (χ1v) is 5.04. The van der Waals surface area contributed by atoms with Gasteiger partial charge in [-0.2, -0.15) is 0 Å². The lowest BCUT2D eigenvalue weighted by Gasteiger charge is -2.24. The monoisotopic (exact) mass is 275 g/mol. The molecule has 0 spiro atoms. The highest BCUT2D eigenvalue weighted by Gasteiger charge is 2.38. The van der Waals surface area contributed by atoms with E-state index in [0.717, 1.165) is 0 Å². The van der Waals surface area contributed by atoms with Crippen molar-refractivity contribution in [3.05, 3.63) is 34.3 Å². The van der Waals surface area contributed by atoms with Crippen LogP contribution in [0.1, 0.15) is 5.56 Å². The summed E-state index contributed by atoms with van der Waals surface area (Å²) in [5, 5.41) is 0. The minimum atomic E-state index is -1.74. The Balaban J connectivity index is 3.23. The van der Waals surface area contributed by atoms with Gasteiger partial charge in [-0.3, -0.25) is 0 Å². The van der Waals surface area contributed by atoms with Crippen LogP contribution in [-0.2, 0) is 15.1 Å². The van der Waals surface area contributed by atoms with Crippen molar-refractivity contribution in [1.82, 2.24) is 0 Å². The van der Waals surface area contributed by atoms with Crippen LogP contribution in [0, 0.1) is 0 Å². The summed E-state index contributed by atoms with van der Waals surface area (Å²) >= 11 is 3.22. The van der Waals surface area contributed by atoms with E-state index >= 15 is 0 Å². The zero-order valence-electron chi connectivity index (χ0n) is 8.17. The van der Waals surface area contributed by atoms with Crippen LogP contribution < -0.4 is 5.73 Å². The van der Waals surface area contributed by atoms with E-state index < -0.39 is 18.2 Å². The van der Waals surface area contributed by atoms with Gasteiger partial charge in [0.2, 0.25) is 0 Å². The first-order valence-electron chi connectivity index (χ1n) is 4.24. The molecule has 0 fully saturated rings. The molecule has 3 nitrogen and oxygen atoms in total. The van der Waals surface area contributed by atoms with E-state index in [9.17, 15) is 9.18 Å². The zero-order valence-corrected chi connectivity index (χ0v) is 9.75. The van der Waals surface area contributed by atoms with Gasteiger partial charge in [0.1, 0.15) is 6.67 Å². The van der Waals surface area contributed by atoms with E-state index in [4.69, 9.17) is 5.73 Å². The smallest absolute Gasteiger partial charge is 0.333 e. The number of hydrogen-bond donors (Lipinski definition) is 1. The fourth-order valence-corrected chi connectivity index (χ4v) is 1.88. The molecule has 15 heavy (non-hydrogen) atoms. The van der Waals surface area contributed by atoms with Gasteiger partial charge in [0.15, 0.2) is 5.54 Å². The van der Waals surface area contributed by atoms with Crippen LogP contribution in [0.15, 0.2) is 28.7 Å². The molecule has 0 amide bonds. The van der Waals surface area contributed by atoms with E-state index in [1.54, 1.807) is 24.3 Å². The van der Waals surface area contributed by atoms with Gasteiger partial charge in [0.25, 0.3) is 0 Å². The highest BCUT2D eigenvalue weighted by atomic mass is 79.9. The SMILES string of the molecule is COC(=O)C(N)(CF)c1ccccc1Br. The number of rotatable bonds is 3. The molecule has 0 bridgehead atoms. The van der Waals surface area contributed by atoms with Crippen molar-refractivity contribution in [1.29, 1.82) is 0 Å². The number of esters is 1. The summed E-state index contributed by atoms with van der Waals surface area (Å²) < 4.78 is 18.0. The Bertz CT molecular complexity index is 372. The first-order chi connectivity index (χ1) is 7.06. The van der Waals surface area contributed by atoms with Crippen LogP contribution in [0.4, 0.5) is 4.39 Å². The summed E-state index contributed by atoms with van der Waals surface area (Å²) in [7, 11) is 1.18. The van der Waals surface area contributed by atoms with E-state index in [-0.39, 0.29) is 0 Å². The van der Waals surface area contributed by atoms with Crippen molar-refractivity contribution in [3.8, 4) is 0 Å². The number of nitrogens with two attached hydrogens (primary N) is 1. The van der Waals surface area contributed by atoms with Crippen molar-refractivity contribution >= 4 is 21.9 Å². The number of hydrogen-bond acceptors (Lipinski definition) is 3. The molecule has 82 valence electrons. The van der Waals surface area contributed by atoms with E-state index in [1.807, 2.05) is 0 Å². The van der Waals surface area contributed by atoms with Crippen LogP contribution in [0.5, 0.6) is 0 Å². The van der Waals surface area contributed by atoms with Crippen molar-refractivity contribution in [2.24, 2.45) is 5.73 Å². The predicted octanol–water partition coefficient (Wildman–Crippen LogP) is 1.75. The quantitative estimate of drug-likeness (QED) is 0.856. The normalized spacial score (nSPS) is 14.4. The molecule has 1 aromatic rings. The Morgan fingerprint density at radius 1 is 1.60 bits per heavy atom. The number of ether oxygens (including phenoxy) is 1. The second-order valence-electron chi connectivity index (χ2n) is 3.08. The second-order valence-corrected chi connectivity index (χ2v) is 3.93. The van der Waals surface area contributed by atoms with Crippen molar-refractivity contribution in [3.63, 3.8) is 0 Å². The van der Waals surface area contributed by atoms with E-state index in [1.165, 1.54) is 7.11 Å². The molecule has 1 atom stereocenters. The number of carbonyl (C=O) groups excluding carboxylic acids is 1. The molecule has 1 rings (SSSR count). The van der Waals surface area contributed by atoms with Crippen LogP contribution in [0.25, 0.3) is 0 Å². The van der Waals surface area contributed by atoms with E-state index in [2.05, 4.69) is 20.7 Å². The van der Waals surface area contributed by atoms with Gasteiger partial charge >= 0.3 is 5.97 Å². The molecule has 5 heteroatoms. The molecular weight excluding hydrogens is 265 g/mol. The highest BCUT2D eigenvalue weighted by molar-refractivity contribution is 9.10. The lowest BCUT2D eigenvalue weighted by molar-refractivity contribution is -0.148. The van der Waals surface area contributed by atoms with Crippen molar-refractivity contribution in [2.75, 3.05) is 13.8 Å². The van der Waals surface area contributed by atoms with Gasteiger partial charge < -0.3 is 10.5 Å². The molecular formula is C10H11BrFNO2. The maximum atomic E-state index is 12.9. The Kier molecular flexibility index (Phi) is 3.82. The lowest BCUT2D eigenvalue weighted by Crippen LogP contribution is -2.48. The third-order valence-electron chi connectivity index (χ3n) is 2.11. The van der Waals surface area contributed by atoms with Gasteiger partial charge in [-0.1, -0.05) is 34.1 Å². The molecule has 0 aliphatic heterocycles. The maximum Gasteiger partial charge on any atom is 0.333 e. The molecule has 0 heterocycles. The third kappa shape index (κ3) is 2.18. The molecule has 0 aromatic heterocycles. The Morgan fingerprint density at radius 3 is 2.67 bits per heavy atom. The van der Waals surface area contributed by atoms with Gasteiger partial charge in [0, 0.05) is 10.0 Å². The van der Waals surface area contributed by atoms with Gasteiger partial charge in [-0.05, 0) is 6.07 Å². The minimum Gasteiger partial charge on any atom is -0.467 e. The minimum absolute atomic E-state index is 0.374. The summed E-state index contributed by atoms with van der Waals surface area (Å²) in [6.07, 6.45) is 0. The number of halogens is 2. The summed E-state index contributed by atoms with van der Waals surface area (Å²) in [5.41, 5.74) is 4.33. The zero-order chi connectivity index (χ0) is 11.5. The Labute approximate surface area is 95.5 Å². The highest BCUT2D eigenvalue weighted by Crippen LogP contribution is 2.27. The fraction of sp³-hybridized carbons (Fsp3) is 0.300. The fourth-order valence-electron chi connectivity index (χ4n) is 1.24. The van der Waals surface area contributed by atoms with Gasteiger partial charge in [0.05, 0.1) is 7.11 Å². The summed E-state index contributed by atoms with van der Waals surface area (Å²) in [6.45, 7) is -1.01. The maximum absolute atomic E-state index is 12.9. The average molecular weight is 276 g/mol. The van der Waals surface area contributed by atoms with Gasteiger partial charge in [-0.25, -0.2) is 9.18 Å². The van der Waals surface area contributed by atoms with Crippen LogP contribution in [0.2, 0.25) is 0 Å². The van der Waals surface area contributed by atoms with Crippen LogP contribution in [0.3, 0.4) is 0 Å². The molecule has 1 unspecified atom stereocenters. The molecule has 2 N–H and O–H groups in total. The molecule has 0 saturated heterocycles. The molecule has 0 aliphatic rings. The molecule has 0 aliphatic carbocycles. The standard InChI is InChI=1S/C10H11BrFNO2/c1-15-9(14)10(13,6-12)7-4-2-3-5-8(7)11/h2-5H,6,13H2,1H3. The molecule has 0 radical (unpaired) electrons. The van der Waals surface area contributed by atoms with Crippen LogP contribution >= 0.6 is 15.9 Å². The van der Waals surface area contributed by atoms with Crippen molar-refractivity contribution < 1.29 is 13.9 Å².